The maximum atomic E-state index is 14.0. The molecular weight excluding hydrogens is 624 g/mol. The van der Waals surface area contributed by atoms with Crippen LogP contribution in [0.1, 0.15) is 64.3 Å². The quantitative estimate of drug-likeness (QED) is 0.279. The second-order valence-electron chi connectivity index (χ2n) is 11.1. The molecule has 220 valence electrons. The highest BCUT2D eigenvalue weighted by Crippen LogP contribution is 2.39. The molecule has 4 rings (SSSR count). The first-order valence-electron chi connectivity index (χ1n) is 13.1. The lowest BCUT2D eigenvalue weighted by atomic mass is 9.85. The molecule has 0 spiro atoms. The van der Waals surface area contributed by atoms with Crippen LogP contribution in [0.3, 0.4) is 0 Å². The van der Waals surface area contributed by atoms with Crippen LogP contribution < -0.4 is 4.90 Å². The summed E-state index contributed by atoms with van der Waals surface area (Å²) in [6, 6.07) is 6.70. The van der Waals surface area contributed by atoms with Crippen molar-refractivity contribution in [3.05, 3.63) is 51.3 Å². The molecule has 0 bridgehead atoms. The number of carbonyl (C=O) groups is 2. The fraction of sp³-hybridized carbons (Fsp3) is 0.464. The van der Waals surface area contributed by atoms with Crippen molar-refractivity contribution in [2.45, 2.75) is 71.1 Å². The van der Waals surface area contributed by atoms with E-state index in [9.17, 15) is 23.5 Å². The molecule has 1 saturated carbocycles. The number of rotatable bonds is 7. The highest BCUT2D eigenvalue weighted by molar-refractivity contribution is 9.10. The van der Waals surface area contributed by atoms with E-state index in [0.717, 1.165) is 23.3 Å². The summed E-state index contributed by atoms with van der Waals surface area (Å²) in [5.74, 6) is -2.05. The van der Waals surface area contributed by atoms with Crippen LogP contribution in [-0.2, 0) is 16.1 Å². The largest absolute Gasteiger partial charge is 0.481 e. The van der Waals surface area contributed by atoms with E-state index >= 15 is 0 Å². The van der Waals surface area contributed by atoms with Crippen molar-refractivity contribution in [1.29, 1.82) is 0 Å². The fourth-order valence-electron chi connectivity index (χ4n) is 4.85. The van der Waals surface area contributed by atoms with Gasteiger partial charge >= 0.3 is 12.1 Å². The number of anilines is 2. The van der Waals surface area contributed by atoms with E-state index in [1.54, 1.807) is 51.2 Å². The molecule has 1 aromatic carbocycles. The van der Waals surface area contributed by atoms with Gasteiger partial charge in [0.1, 0.15) is 11.1 Å². The predicted octanol–water partition coefficient (Wildman–Crippen LogP) is 7.53. The molecule has 0 atom stereocenters. The normalized spacial score (nSPS) is 17.7. The minimum Gasteiger partial charge on any atom is -0.481 e. The maximum Gasteiger partial charge on any atom is 0.420 e. The molecule has 0 radical (unpaired) electrons. The highest BCUT2D eigenvalue weighted by atomic mass is 79.9. The van der Waals surface area contributed by atoms with E-state index in [0.29, 0.717) is 23.9 Å². The number of hydrogen-bond donors (Lipinski definition) is 1. The number of alkyl halides is 2. The van der Waals surface area contributed by atoms with Gasteiger partial charge < -0.3 is 9.84 Å². The van der Waals surface area contributed by atoms with Crippen LogP contribution in [0, 0.1) is 5.92 Å². The Kier molecular flexibility index (Phi) is 9.45. The molecule has 9 nitrogen and oxygen atoms in total. The van der Waals surface area contributed by atoms with Gasteiger partial charge in [0, 0.05) is 23.3 Å². The summed E-state index contributed by atoms with van der Waals surface area (Å²) in [4.78, 5) is 40.6. The third kappa shape index (κ3) is 7.28. The summed E-state index contributed by atoms with van der Waals surface area (Å²) < 4.78 is 34.2. The van der Waals surface area contributed by atoms with Crippen molar-refractivity contribution in [3.8, 4) is 0 Å². The third-order valence-electron chi connectivity index (χ3n) is 6.85. The molecule has 41 heavy (non-hydrogen) atoms. The minimum atomic E-state index is -3.02. The Hall–Kier alpha value is -2.96. The first-order valence-corrected chi connectivity index (χ1v) is 14.3. The maximum absolute atomic E-state index is 14.0. The number of nitrogens with zero attached hydrogens (tertiary/aromatic N) is 5. The van der Waals surface area contributed by atoms with Crippen LogP contribution >= 0.6 is 27.5 Å². The lowest BCUT2D eigenvalue weighted by Crippen LogP contribution is -2.36. The monoisotopic (exact) mass is 653 g/mol. The second kappa shape index (κ2) is 12.5. The van der Waals surface area contributed by atoms with Gasteiger partial charge in [-0.3, -0.25) is 14.7 Å². The number of hydrogen-bond acceptors (Lipinski definition) is 7. The highest BCUT2D eigenvalue weighted by Gasteiger charge is 2.32. The van der Waals surface area contributed by atoms with Crippen molar-refractivity contribution in [2.24, 2.45) is 5.92 Å². The van der Waals surface area contributed by atoms with Gasteiger partial charge in [-0.2, -0.15) is 0 Å². The van der Waals surface area contributed by atoms with Gasteiger partial charge in [-0.15, -0.1) is 0 Å². The summed E-state index contributed by atoms with van der Waals surface area (Å²) in [6.45, 7) is 5.50. The summed E-state index contributed by atoms with van der Waals surface area (Å²) in [5, 5.41) is 9.44. The van der Waals surface area contributed by atoms with Crippen LogP contribution in [-0.4, -0.2) is 55.7 Å². The SMILES string of the molecule is CN(Cc1cnc2c(N(C(=O)OC(C)(C)C)c3cccc(Br)c3Cl)nc(C(F)F)nc2c1)C1CCC(C(=O)O)CC1. The van der Waals surface area contributed by atoms with Crippen LogP contribution in [0.2, 0.25) is 5.02 Å². The van der Waals surface area contributed by atoms with E-state index in [2.05, 4.69) is 35.8 Å². The Morgan fingerprint density at radius 3 is 2.49 bits per heavy atom. The Bertz CT molecular complexity index is 1450. The Balaban J connectivity index is 1.76. The molecule has 3 aromatic rings. The summed E-state index contributed by atoms with van der Waals surface area (Å²) >= 11 is 9.89. The van der Waals surface area contributed by atoms with Gasteiger partial charge in [0.05, 0.1) is 22.1 Å². The van der Waals surface area contributed by atoms with E-state index in [-0.39, 0.29) is 39.5 Å². The van der Waals surface area contributed by atoms with Crippen LogP contribution in [0.5, 0.6) is 0 Å². The summed E-state index contributed by atoms with van der Waals surface area (Å²) in [7, 11) is 1.94. The van der Waals surface area contributed by atoms with Gasteiger partial charge in [-0.1, -0.05) is 17.7 Å². The number of aliphatic carboxylic acids is 1. The molecule has 1 aliphatic rings. The van der Waals surface area contributed by atoms with Crippen molar-refractivity contribution in [2.75, 3.05) is 11.9 Å². The number of ether oxygens (including phenoxy) is 1. The molecule has 1 N–H and O–H groups in total. The van der Waals surface area contributed by atoms with Crippen molar-refractivity contribution in [3.63, 3.8) is 0 Å². The number of fused-ring (bicyclic) bond motifs is 1. The molecule has 1 fully saturated rings. The third-order valence-corrected chi connectivity index (χ3v) is 8.13. The fourth-order valence-corrected chi connectivity index (χ4v) is 5.42. The molecule has 2 aromatic heterocycles. The average Bonchev–Trinajstić information content (AvgIpc) is 2.89. The number of halogens is 4. The lowest BCUT2D eigenvalue weighted by Gasteiger charge is -2.33. The first kappa shape index (κ1) is 31.0. The van der Waals surface area contributed by atoms with E-state index in [1.165, 1.54) is 0 Å². The molecule has 1 aliphatic carbocycles. The summed E-state index contributed by atoms with van der Waals surface area (Å²) in [6.07, 6.45) is 0.392. The molecule has 0 unspecified atom stereocenters. The van der Waals surface area contributed by atoms with Gasteiger partial charge in [0.25, 0.3) is 6.43 Å². The number of carbonyl (C=O) groups excluding carboxylic acids is 1. The van der Waals surface area contributed by atoms with E-state index < -0.39 is 29.9 Å². The first-order chi connectivity index (χ1) is 19.2. The van der Waals surface area contributed by atoms with Crippen molar-refractivity contribution < 1.29 is 28.2 Å². The molecule has 0 saturated heterocycles. The molecule has 13 heteroatoms. The van der Waals surface area contributed by atoms with Crippen molar-refractivity contribution in [1.82, 2.24) is 19.9 Å². The molecule has 1 amide bonds. The van der Waals surface area contributed by atoms with Gasteiger partial charge in [-0.05, 0) is 93.2 Å². The molecule has 2 heterocycles. The van der Waals surface area contributed by atoms with Gasteiger partial charge in [-0.25, -0.2) is 28.4 Å². The zero-order valence-corrected chi connectivity index (χ0v) is 25.4. The van der Waals surface area contributed by atoms with E-state index in [4.69, 9.17) is 16.3 Å². The topological polar surface area (TPSA) is 109 Å². The van der Waals surface area contributed by atoms with Crippen LogP contribution in [0.4, 0.5) is 25.1 Å². The van der Waals surface area contributed by atoms with Gasteiger partial charge in [0.2, 0.25) is 0 Å². The zero-order chi connectivity index (χ0) is 30.1. The Labute approximate surface area is 250 Å². The minimum absolute atomic E-state index is 0.115. The molecule has 0 aliphatic heterocycles. The predicted molar refractivity (Wildman–Crippen MR) is 155 cm³/mol. The van der Waals surface area contributed by atoms with Crippen LogP contribution in [0.15, 0.2) is 34.9 Å². The molecular formula is C28H31BrClF2N5O4. The zero-order valence-electron chi connectivity index (χ0n) is 23.1. The Morgan fingerprint density at radius 1 is 1.20 bits per heavy atom. The van der Waals surface area contributed by atoms with Crippen LogP contribution in [0.25, 0.3) is 11.0 Å². The van der Waals surface area contributed by atoms with E-state index in [1.807, 2.05) is 7.05 Å². The Morgan fingerprint density at radius 2 is 1.88 bits per heavy atom. The second-order valence-corrected chi connectivity index (χ2v) is 12.3. The standard InChI is InChI=1S/C28H31BrClF2N5O4/c1-28(2,3)41-27(40)37(20-7-5-6-18(29)21(20)30)25-22-19(34-24(35-25)23(31)32)12-15(13-33-22)14-36(4)17-10-8-16(9-11-17)26(38)39/h5-7,12-13,16-17,23H,8-11,14H2,1-4H3,(H,38,39). The average molecular weight is 655 g/mol. The number of benzene rings is 1. The number of pyridine rings is 1. The summed E-state index contributed by atoms with van der Waals surface area (Å²) in [5.41, 5.74) is 0.222. The number of carboxylic acid groups (broad SMARTS) is 1. The van der Waals surface area contributed by atoms with Gasteiger partial charge in [0.15, 0.2) is 11.6 Å². The van der Waals surface area contributed by atoms with Crippen molar-refractivity contribution >= 4 is 62.1 Å². The number of carboxylic acids is 1. The lowest BCUT2D eigenvalue weighted by molar-refractivity contribution is -0.143. The smallest absolute Gasteiger partial charge is 0.420 e. The number of amides is 1. The number of aromatic nitrogens is 3.